The van der Waals surface area contributed by atoms with Gasteiger partial charge in [-0.3, -0.25) is 0 Å². The molecule has 5 nitrogen and oxygen atoms in total. The molecule has 0 unspecified atom stereocenters. The third-order valence-corrected chi connectivity index (χ3v) is 3.74. The minimum atomic E-state index is 0.294. The van der Waals surface area contributed by atoms with Crippen LogP contribution in [-0.2, 0) is 4.74 Å². The number of aromatic nitrogens is 2. The Morgan fingerprint density at radius 3 is 3.00 bits per heavy atom. The zero-order valence-electron chi connectivity index (χ0n) is 8.61. The fourth-order valence-electron chi connectivity index (χ4n) is 2.81. The van der Waals surface area contributed by atoms with E-state index in [1.165, 1.54) is 6.39 Å². The van der Waals surface area contributed by atoms with Crippen LogP contribution in [0.1, 0.15) is 24.6 Å². The number of nitrogens with zero attached hydrogens (tertiary/aromatic N) is 2. The average molecular weight is 209 g/mol. The SMILES string of the molecule is c1nc([C@H]2CNCC23CCOCC3)no1. The zero-order chi connectivity index (χ0) is 10.1. The van der Waals surface area contributed by atoms with Gasteiger partial charge in [0.25, 0.3) is 0 Å². The van der Waals surface area contributed by atoms with Crippen LogP contribution < -0.4 is 5.32 Å². The Morgan fingerprint density at radius 2 is 2.27 bits per heavy atom. The molecular formula is C10H15N3O2. The third-order valence-electron chi connectivity index (χ3n) is 3.74. The highest BCUT2D eigenvalue weighted by Crippen LogP contribution is 2.45. The first kappa shape index (κ1) is 9.30. The molecule has 0 saturated carbocycles. The molecule has 2 fully saturated rings. The molecule has 0 bridgehead atoms. The summed E-state index contributed by atoms with van der Waals surface area (Å²) in [4.78, 5) is 4.19. The van der Waals surface area contributed by atoms with E-state index in [1.807, 2.05) is 0 Å². The highest BCUT2D eigenvalue weighted by Gasteiger charge is 2.46. The van der Waals surface area contributed by atoms with E-state index in [-0.39, 0.29) is 0 Å². The maximum absolute atomic E-state index is 5.43. The van der Waals surface area contributed by atoms with Crippen LogP contribution in [-0.4, -0.2) is 36.4 Å². The molecule has 1 atom stereocenters. The number of nitrogens with one attached hydrogen (secondary N) is 1. The summed E-state index contributed by atoms with van der Waals surface area (Å²) in [7, 11) is 0. The predicted octanol–water partition coefficient (Wildman–Crippen LogP) is 0.553. The van der Waals surface area contributed by atoms with Crippen molar-refractivity contribution in [2.75, 3.05) is 26.3 Å². The van der Waals surface area contributed by atoms with Gasteiger partial charge in [-0.2, -0.15) is 4.98 Å². The largest absolute Gasteiger partial charge is 0.381 e. The molecule has 3 rings (SSSR count). The van der Waals surface area contributed by atoms with Crippen molar-refractivity contribution < 1.29 is 9.26 Å². The van der Waals surface area contributed by atoms with E-state index in [2.05, 4.69) is 15.5 Å². The molecule has 82 valence electrons. The van der Waals surface area contributed by atoms with Crippen molar-refractivity contribution in [3.63, 3.8) is 0 Å². The number of hydrogen-bond acceptors (Lipinski definition) is 5. The first-order valence-corrected chi connectivity index (χ1v) is 5.45. The van der Waals surface area contributed by atoms with Gasteiger partial charge in [-0.05, 0) is 18.3 Å². The van der Waals surface area contributed by atoms with Crippen LogP contribution in [0.5, 0.6) is 0 Å². The highest BCUT2D eigenvalue weighted by molar-refractivity contribution is 5.09. The molecule has 2 saturated heterocycles. The molecule has 2 aliphatic heterocycles. The Hall–Kier alpha value is -0.940. The third kappa shape index (κ3) is 1.46. The van der Waals surface area contributed by atoms with Crippen LogP contribution in [0.3, 0.4) is 0 Å². The van der Waals surface area contributed by atoms with Crippen LogP contribution in [0.2, 0.25) is 0 Å². The molecule has 1 aromatic rings. The molecule has 0 aliphatic carbocycles. The lowest BCUT2D eigenvalue weighted by Crippen LogP contribution is -2.36. The average Bonchev–Trinajstić information content (AvgIpc) is 2.88. The van der Waals surface area contributed by atoms with E-state index in [4.69, 9.17) is 9.26 Å². The fourth-order valence-corrected chi connectivity index (χ4v) is 2.81. The van der Waals surface area contributed by atoms with Gasteiger partial charge in [-0.1, -0.05) is 5.16 Å². The lowest BCUT2D eigenvalue weighted by Gasteiger charge is -2.36. The quantitative estimate of drug-likeness (QED) is 0.732. The highest BCUT2D eigenvalue weighted by atomic mass is 16.5. The van der Waals surface area contributed by atoms with Gasteiger partial charge in [0.05, 0.1) is 0 Å². The van der Waals surface area contributed by atoms with Crippen LogP contribution in [0.25, 0.3) is 0 Å². The smallest absolute Gasteiger partial charge is 0.213 e. The standard InChI is InChI=1S/C10H15N3O2/c1-3-14-4-2-10(1)6-11-5-8(10)9-12-7-15-13-9/h7-8,11H,1-6H2/t8-/m1/s1. The van der Waals surface area contributed by atoms with E-state index in [0.717, 1.165) is 45.0 Å². The second kappa shape index (κ2) is 3.57. The van der Waals surface area contributed by atoms with Crippen molar-refractivity contribution in [2.24, 2.45) is 5.41 Å². The lowest BCUT2D eigenvalue weighted by molar-refractivity contribution is 0.0151. The first-order valence-electron chi connectivity index (χ1n) is 5.45. The summed E-state index contributed by atoms with van der Waals surface area (Å²) in [6.45, 7) is 3.72. The molecule has 1 spiro atoms. The molecule has 1 aromatic heterocycles. The van der Waals surface area contributed by atoms with Crippen LogP contribution in [0, 0.1) is 5.41 Å². The number of ether oxygens (including phenoxy) is 1. The van der Waals surface area contributed by atoms with Gasteiger partial charge in [-0.25, -0.2) is 0 Å². The molecule has 0 aromatic carbocycles. The van der Waals surface area contributed by atoms with Crippen LogP contribution >= 0.6 is 0 Å². The van der Waals surface area contributed by atoms with Gasteiger partial charge >= 0.3 is 0 Å². The summed E-state index contributed by atoms with van der Waals surface area (Å²) in [6.07, 6.45) is 3.61. The van der Waals surface area contributed by atoms with Crippen molar-refractivity contribution in [3.05, 3.63) is 12.2 Å². The topological polar surface area (TPSA) is 60.2 Å². The summed E-state index contributed by atoms with van der Waals surface area (Å²) < 4.78 is 10.3. The predicted molar refractivity (Wildman–Crippen MR) is 52.4 cm³/mol. The van der Waals surface area contributed by atoms with Crippen molar-refractivity contribution in [1.29, 1.82) is 0 Å². The van der Waals surface area contributed by atoms with Gasteiger partial charge in [0.2, 0.25) is 6.39 Å². The van der Waals surface area contributed by atoms with E-state index in [1.54, 1.807) is 0 Å². The van der Waals surface area contributed by atoms with Gasteiger partial charge in [0, 0.05) is 32.2 Å². The molecular weight excluding hydrogens is 194 g/mol. The molecule has 3 heterocycles. The molecule has 1 N–H and O–H groups in total. The molecule has 0 radical (unpaired) electrons. The van der Waals surface area contributed by atoms with Crippen LogP contribution in [0.15, 0.2) is 10.9 Å². The summed E-state index contributed by atoms with van der Waals surface area (Å²) >= 11 is 0. The van der Waals surface area contributed by atoms with Gasteiger partial charge in [0.15, 0.2) is 5.82 Å². The summed E-state index contributed by atoms with van der Waals surface area (Å²) in [5, 5.41) is 7.42. The second-order valence-corrected chi connectivity index (χ2v) is 4.45. The van der Waals surface area contributed by atoms with Gasteiger partial charge in [-0.15, -0.1) is 0 Å². The van der Waals surface area contributed by atoms with Crippen molar-refractivity contribution >= 4 is 0 Å². The Labute approximate surface area is 88.2 Å². The number of rotatable bonds is 1. The fraction of sp³-hybridized carbons (Fsp3) is 0.800. The summed E-state index contributed by atoms with van der Waals surface area (Å²) in [5.41, 5.74) is 0.294. The zero-order valence-corrected chi connectivity index (χ0v) is 8.61. The van der Waals surface area contributed by atoms with Gasteiger partial charge in [0.1, 0.15) is 0 Å². The Morgan fingerprint density at radius 1 is 1.40 bits per heavy atom. The second-order valence-electron chi connectivity index (χ2n) is 4.45. The molecule has 15 heavy (non-hydrogen) atoms. The molecule has 5 heteroatoms. The maximum Gasteiger partial charge on any atom is 0.213 e. The van der Waals surface area contributed by atoms with E-state index < -0.39 is 0 Å². The summed E-state index contributed by atoms with van der Waals surface area (Å²) in [6, 6.07) is 0. The first-order chi connectivity index (χ1) is 7.41. The van der Waals surface area contributed by atoms with Crippen molar-refractivity contribution in [2.45, 2.75) is 18.8 Å². The normalized spacial score (nSPS) is 29.7. The molecule has 0 amide bonds. The monoisotopic (exact) mass is 209 g/mol. The van der Waals surface area contributed by atoms with Crippen molar-refractivity contribution in [3.8, 4) is 0 Å². The van der Waals surface area contributed by atoms with E-state index in [0.29, 0.717) is 11.3 Å². The van der Waals surface area contributed by atoms with Crippen molar-refractivity contribution in [1.82, 2.24) is 15.5 Å². The Balaban J connectivity index is 1.87. The summed E-state index contributed by atoms with van der Waals surface area (Å²) in [5.74, 6) is 1.24. The Bertz CT molecular complexity index is 319. The van der Waals surface area contributed by atoms with Gasteiger partial charge < -0.3 is 14.6 Å². The minimum Gasteiger partial charge on any atom is -0.381 e. The lowest BCUT2D eigenvalue weighted by atomic mass is 9.72. The number of hydrogen-bond donors (Lipinski definition) is 1. The molecule has 2 aliphatic rings. The van der Waals surface area contributed by atoms with E-state index in [9.17, 15) is 0 Å². The van der Waals surface area contributed by atoms with Crippen LogP contribution in [0.4, 0.5) is 0 Å². The minimum absolute atomic E-state index is 0.294. The Kier molecular flexibility index (Phi) is 2.21. The van der Waals surface area contributed by atoms with E-state index >= 15 is 0 Å². The maximum atomic E-state index is 5.43.